The predicted molar refractivity (Wildman–Crippen MR) is 156 cm³/mol. The van der Waals surface area contributed by atoms with Gasteiger partial charge in [0.1, 0.15) is 22.8 Å². The summed E-state index contributed by atoms with van der Waals surface area (Å²) >= 11 is 0. The number of ether oxygens (including phenoxy) is 1. The normalized spacial score (nSPS) is 11.2. The first-order chi connectivity index (χ1) is 20.6. The van der Waals surface area contributed by atoms with Crippen LogP contribution in [0.4, 0.5) is 10.1 Å². The van der Waals surface area contributed by atoms with Gasteiger partial charge >= 0.3 is 0 Å². The maximum Gasteiger partial charge on any atom is 0.255 e. The number of fused-ring (bicyclic) bond motifs is 2. The Kier molecular flexibility index (Phi) is 6.08. The second kappa shape index (κ2) is 10.2. The minimum absolute atomic E-state index is 0.231. The van der Waals surface area contributed by atoms with Crippen molar-refractivity contribution in [2.45, 2.75) is 0 Å². The molecule has 0 bridgehead atoms. The van der Waals surface area contributed by atoms with Gasteiger partial charge in [-0.3, -0.25) is 24.8 Å². The molecule has 0 aliphatic carbocycles. The third kappa shape index (κ3) is 4.58. The summed E-state index contributed by atoms with van der Waals surface area (Å²) < 4.78 is 19.5. The molecular weight excluding hydrogens is 535 g/mol. The summed E-state index contributed by atoms with van der Waals surface area (Å²) in [6, 6.07) is 18.9. The molecule has 7 aromatic rings. The van der Waals surface area contributed by atoms with Crippen molar-refractivity contribution in [1.82, 2.24) is 35.1 Å². The Morgan fingerprint density at radius 1 is 0.905 bits per heavy atom. The first kappa shape index (κ1) is 25.0. The number of rotatable bonds is 6. The third-order valence-electron chi connectivity index (χ3n) is 6.78. The lowest BCUT2D eigenvalue weighted by molar-refractivity contribution is 0.102. The monoisotopic (exact) mass is 556 g/mol. The molecule has 0 aliphatic heterocycles. The van der Waals surface area contributed by atoms with Crippen LogP contribution in [0.2, 0.25) is 0 Å². The molecule has 11 heteroatoms. The van der Waals surface area contributed by atoms with Crippen molar-refractivity contribution in [3.05, 3.63) is 103 Å². The quantitative estimate of drug-likeness (QED) is 0.228. The van der Waals surface area contributed by atoms with E-state index in [2.05, 4.69) is 35.5 Å². The fraction of sp³-hybridized carbons (Fsp3) is 0.0323. The Bertz CT molecular complexity index is 2110. The molecule has 0 unspecified atom stereocenters. The third-order valence-corrected chi connectivity index (χ3v) is 6.78. The van der Waals surface area contributed by atoms with Crippen LogP contribution in [0.25, 0.3) is 56.0 Å². The van der Waals surface area contributed by atoms with Crippen LogP contribution in [-0.2, 0) is 0 Å². The lowest BCUT2D eigenvalue weighted by Crippen LogP contribution is -2.11. The maximum atomic E-state index is 14.3. The van der Waals surface area contributed by atoms with Gasteiger partial charge in [-0.15, -0.1) is 0 Å². The van der Waals surface area contributed by atoms with Gasteiger partial charge in [0.15, 0.2) is 5.82 Å². The highest BCUT2D eigenvalue weighted by molar-refractivity contribution is 6.04. The Labute approximate surface area is 237 Å². The molecule has 10 nitrogen and oxygen atoms in total. The number of nitrogens with zero attached hydrogens (tertiary/aromatic N) is 5. The zero-order chi connectivity index (χ0) is 28.6. The van der Waals surface area contributed by atoms with Crippen LogP contribution in [0.3, 0.4) is 0 Å². The summed E-state index contributed by atoms with van der Waals surface area (Å²) in [5.74, 6) is 0.227. The molecular formula is C31H21FN8O2. The number of H-pyrrole nitrogens is 2. The number of benzene rings is 2. The highest BCUT2D eigenvalue weighted by Gasteiger charge is 2.18. The van der Waals surface area contributed by atoms with E-state index in [0.717, 1.165) is 10.9 Å². The van der Waals surface area contributed by atoms with E-state index in [9.17, 15) is 9.18 Å². The molecule has 0 aliphatic rings. The number of carbonyl (C=O) groups excluding carboxylic acids is 1. The van der Waals surface area contributed by atoms with Gasteiger partial charge in [-0.1, -0.05) is 18.2 Å². The SMILES string of the molecule is COc1cc(F)cc(-c2nccc3[nH]c(-c4n[nH]c5cnc(-c6cncc(NC(=O)c7ccccc7)c6)cc45)nc23)c1. The first-order valence-electron chi connectivity index (χ1n) is 12.9. The summed E-state index contributed by atoms with van der Waals surface area (Å²) in [5, 5.41) is 11.2. The van der Waals surface area contributed by atoms with E-state index in [-0.39, 0.29) is 5.91 Å². The number of anilines is 1. The van der Waals surface area contributed by atoms with Crippen molar-refractivity contribution in [3.8, 4) is 39.8 Å². The zero-order valence-electron chi connectivity index (χ0n) is 22.1. The smallest absolute Gasteiger partial charge is 0.255 e. The van der Waals surface area contributed by atoms with Crippen LogP contribution < -0.4 is 10.1 Å². The average Bonchev–Trinajstić information content (AvgIpc) is 3.65. The summed E-state index contributed by atoms with van der Waals surface area (Å²) in [6.07, 6.45) is 6.59. The van der Waals surface area contributed by atoms with Crippen molar-refractivity contribution >= 4 is 33.5 Å². The number of aromatic nitrogens is 7. The van der Waals surface area contributed by atoms with E-state index < -0.39 is 5.82 Å². The second-order valence-corrected chi connectivity index (χ2v) is 9.49. The molecule has 7 rings (SSSR count). The van der Waals surface area contributed by atoms with Gasteiger partial charge in [-0.05, 0) is 42.5 Å². The number of aromatic amines is 2. The number of halogens is 1. The number of nitrogens with one attached hydrogen (secondary N) is 3. The van der Waals surface area contributed by atoms with Crippen molar-refractivity contribution in [2.24, 2.45) is 0 Å². The largest absolute Gasteiger partial charge is 0.497 e. The van der Waals surface area contributed by atoms with Crippen LogP contribution in [-0.4, -0.2) is 48.1 Å². The molecule has 1 amide bonds. The Hall–Kier alpha value is -5.97. The molecule has 204 valence electrons. The van der Waals surface area contributed by atoms with E-state index >= 15 is 0 Å². The molecule has 0 saturated heterocycles. The van der Waals surface area contributed by atoms with Gasteiger partial charge in [-0.25, -0.2) is 9.37 Å². The number of imidazole rings is 1. The summed E-state index contributed by atoms with van der Waals surface area (Å²) in [4.78, 5) is 34.1. The molecule has 2 aromatic carbocycles. The maximum absolute atomic E-state index is 14.3. The predicted octanol–water partition coefficient (Wildman–Crippen LogP) is 6.03. The van der Waals surface area contributed by atoms with E-state index in [1.54, 1.807) is 49.1 Å². The van der Waals surface area contributed by atoms with Gasteiger partial charge in [0.05, 0.1) is 47.6 Å². The number of carbonyl (C=O) groups is 1. The molecule has 0 saturated carbocycles. The molecule has 0 fully saturated rings. The number of methoxy groups -OCH3 is 1. The van der Waals surface area contributed by atoms with Crippen molar-refractivity contribution < 1.29 is 13.9 Å². The molecule has 5 aromatic heterocycles. The topological polar surface area (TPSA) is 134 Å². The van der Waals surface area contributed by atoms with Crippen LogP contribution in [0, 0.1) is 5.82 Å². The van der Waals surface area contributed by atoms with Gasteiger partial charge in [-0.2, -0.15) is 5.10 Å². The standard InChI is InChI=1S/C31H21FN8O2/c1-42-22-11-18(9-20(32)12-22)27-29-24(7-8-34-27)37-30(38-29)28-23-13-25(35-16-26(23)39-40-28)19-10-21(15-33-14-19)36-31(41)17-5-3-2-4-6-17/h2-16H,1H3,(H,36,41)(H,37,38)(H,39,40). The number of pyridine rings is 3. The summed E-state index contributed by atoms with van der Waals surface area (Å²) in [5.41, 5.74) is 6.07. The summed E-state index contributed by atoms with van der Waals surface area (Å²) in [6.45, 7) is 0. The lowest BCUT2D eigenvalue weighted by atomic mass is 10.1. The molecule has 3 N–H and O–H groups in total. The van der Waals surface area contributed by atoms with Crippen LogP contribution in [0.5, 0.6) is 5.75 Å². The zero-order valence-corrected chi connectivity index (χ0v) is 22.1. The molecule has 42 heavy (non-hydrogen) atoms. The number of hydrogen-bond donors (Lipinski definition) is 3. The number of amides is 1. The van der Waals surface area contributed by atoms with E-state index in [1.165, 1.54) is 19.2 Å². The fourth-order valence-electron chi connectivity index (χ4n) is 4.77. The minimum atomic E-state index is -0.435. The fourth-order valence-corrected chi connectivity index (χ4v) is 4.77. The van der Waals surface area contributed by atoms with Crippen molar-refractivity contribution in [1.29, 1.82) is 0 Å². The molecule has 0 atom stereocenters. The van der Waals surface area contributed by atoms with Crippen LogP contribution in [0.15, 0.2) is 91.5 Å². The van der Waals surface area contributed by atoms with E-state index in [1.807, 2.05) is 30.3 Å². The van der Waals surface area contributed by atoms with Gasteiger partial charge in [0, 0.05) is 40.5 Å². The lowest BCUT2D eigenvalue weighted by Gasteiger charge is -2.07. The van der Waals surface area contributed by atoms with Crippen molar-refractivity contribution in [3.63, 3.8) is 0 Å². The van der Waals surface area contributed by atoms with Crippen LogP contribution >= 0.6 is 0 Å². The average molecular weight is 557 g/mol. The Morgan fingerprint density at radius 2 is 1.79 bits per heavy atom. The first-order valence-corrected chi connectivity index (χ1v) is 12.9. The van der Waals surface area contributed by atoms with Gasteiger partial charge in [0.2, 0.25) is 0 Å². The van der Waals surface area contributed by atoms with Gasteiger partial charge < -0.3 is 15.0 Å². The second-order valence-electron chi connectivity index (χ2n) is 9.49. The molecule has 0 spiro atoms. The van der Waals surface area contributed by atoms with E-state index in [0.29, 0.717) is 62.1 Å². The highest BCUT2D eigenvalue weighted by atomic mass is 19.1. The van der Waals surface area contributed by atoms with Crippen molar-refractivity contribution in [2.75, 3.05) is 12.4 Å². The minimum Gasteiger partial charge on any atom is -0.497 e. The van der Waals surface area contributed by atoms with E-state index in [4.69, 9.17) is 9.72 Å². The molecule has 5 heterocycles. The molecule has 0 radical (unpaired) electrons. The Balaban J connectivity index is 1.25. The number of hydrogen-bond acceptors (Lipinski definition) is 7. The van der Waals surface area contributed by atoms with Gasteiger partial charge in [0.25, 0.3) is 5.91 Å². The van der Waals surface area contributed by atoms with Crippen LogP contribution in [0.1, 0.15) is 10.4 Å². The highest BCUT2D eigenvalue weighted by Crippen LogP contribution is 2.33. The Morgan fingerprint density at radius 3 is 2.64 bits per heavy atom. The summed E-state index contributed by atoms with van der Waals surface area (Å²) in [7, 11) is 1.48.